The van der Waals surface area contributed by atoms with Crippen LogP contribution >= 0.6 is 0 Å². The van der Waals surface area contributed by atoms with Crippen LogP contribution in [0.1, 0.15) is 32.7 Å². The van der Waals surface area contributed by atoms with E-state index >= 15 is 0 Å². The summed E-state index contributed by atoms with van der Waals surface area (Å²) in [4.78, 5) is 28.6. The first-order valence-corrected chi connectivity index (χ1v) is 9.45. The largest absolute Gasteiger partial charge is 0.439 e. The number of rotatable bonds is 4. The normalized spacial score (nSPS) is 10.5. The van der Waals surface area contributed by atoms with Gasteiger partial charge in [-0.3, -0.25) is 10.1 Å². The van der Waals surface area contributed by atoms with E-state index in [1.54, 1.807) is 26.0 Å². The van der Waals surface area contributed by atoms with E-state index in [1.165, 1.54) is 0 Å². The van der Waals surface area contributed by atoms with Gasteiger partial charge in [0.15, 0.2) is 0 Å². The number of carbonyl (C=O) groups excluding carboxylic acids is 2. The van der Waals surface area contributed by atoms with E-state index in [0.717, 1.165) is 29.5 Å². The number of hydrogen-bond donors (Lipinski definition) is 2. The molecule has 2 N–H and O–H groups in total. The lowest BCUT2D eigenvalue weighted by Gasteiger charge is -2.14. The number of aromatic nitrogens is 1. The maximum absolute atomic E-state index is 13.7. The summed E-state index contributed by atoms with van der Waals surface area (Å²) < 4.78 is 33.3. The Bertz CT molecular complexity index is 1140. The Morgan fingerprint density at radius 3 is 2.26 bits per heavy atom. The number of amides is 3. The maximum Gasteiger partial charge on any atom is 0.326 e. The summed E-state index contributed by atoms with van der Waals surface area (Å²) in [5.41, 5.74) is 2.81. The molecule has 0 unspecified atom stereocenters. The number of anilines is 1. The van der Waals surface area contributed by atoms with Crippen molar-refractivity contribution in [2.75, 3.05) is 5.32 Å². The van der Waals surface area contributed by atoms with E-state index < -0.39 is 29.1 Å². The Morgan fingerprint density at radius 1 is 0.935 bits per heavy atom. The zero-order valence-corrected chi connectivity index (χ0v) is 17.5. The van der Waals surface area contributed by atoms with Gasteiger partial charge in [0.1, 0.15) is 22.9 Å². The minimum atomic E-state index is -1.18. The summed E-state index contributed by atoms with van der Waals surface area (Å²) >= 11 is 0. The third kappa shape index (κ3) is 5.22. The first-order chi connectivity index (χ1) is 14.6. The number of hydrogen-bond acceptors (Lipinski definition) is 4. The Morgan fingerprint density at radius 2 is 1.61 bits per heavy atom. The van der Waals surface area contributed by atoms with Gasteiger partial charge in [-0.2, -0.15) is 0 Å². The molecule has 3 amide bonds. The molecule has 1 aromatic heterocycles. The van der Waals surface area contributed by atoms with Gasteiger partial charge < -0.3 is 10.1 Å². The first kappa shape index (κ1) is 21.9. The molecule has 0 aliphatic rings. The number of benzene rings is 2. The highest BCUT2D eigenvalue weighted by atomic mass is 19.1. The Hall–Kier alpha value is -3.81. The van der Waals surface area contributed by atoms with Gasteiger partial charge in [0.25, 0.3) is 5.91 Å². The van der Waals surface area contributed by atoms with Crippen molar-refractivity contribution in [3.8, 4) is 11.6 Å². The third-order valence-electron chi connectivity index (χ3n) is 4.48. The standard InChI is InChI=1S/C23H21F2N3O3/c1-12-8-15(4)26-20(9-12)31-19-11-13(2)18(10-14(19)3)27-23(30)28-22(29)21-16(24)6-5-7-17(21)25/h5-11H,1-4H3,(H2,27,28,29,30). The summed E-state index contributed by atoms with van der Waals surface area (Å²) in [5.74, 6) is -2.28. The second-order valence-corrected chi connectivity index (χ2v) is 7.16. The average molecular weight is 425 g/mol. The monoisotopic (exact) mass is 425 g/mol. The predicted molar refractivity (Wildman–Crippen MR) is 113 cm³/mol. The van der Waals surface area contributed by atoms with Crippen molar-refractivity contribution in [2.24, 2.45) is 0 Å². The smallest absolute Gasteiger partial charge is 0.326 e. The van der Waals surface area contributed by atoms with Gasteiger partial charge in [0, 0.05) is 17.4 Å². The number of halogens is 2. The van der Waals surface area contributed by atoms with E-state index in [0.29, 0.717) is 28.4 Å². The Balaban J connectivity index is 1.74. The van der Waals surface area contributed by atoms with E-state index in [1.807, 2.05) is 31.3 Å². The molecular weight excluding hydrogens is 404 g/mol. The maximum atomic E-state index is 13.7. The van der Waals surface area contributed by atoms with Crippen LogP contribution in [0.4, 0.5) is 19.3 Å². The molecule has 31 heavy (non-hydrogen) atoms. The van der Waals surface area contributed by atoms with Gasteiger partial charge in [-0.25, -0.2) is 18.6 Å². The van der Waals surface area contributed by atoms with Gasteiger partial charge in [0.2, 0.25) is 5.88 Å². The highest BCUT2D eigenvalue weighted by Gasteiger charge is 2.19. The molecule has 0 saturated heterocycles. The number of aryl methyl sites for hydroxylation is 4. The molecule has 3 aromatic rings. The van der Waals surface area contributed by atoms with Crippen molar-refractivity contribution in [3.05, 3.63) is 82.0 Å². The van der Waals surface area contributed by atoms with E-state index in [2.05, 4.69) is 10.3 Å². The number of imide groups is 1. The zero-order chi connectivity index (χ0) is 22.7. The number of pyridine rings is 1. The Kier molecular flexibility index (Phi) is 6.29. The van der Waals surface area contributed by atoms with Crippen LogP contribution in [-0.2, 0) is 0 Å². The molecule has 6 nitrogen and oxygen atoms in total. The molecule has 0 saturated carbocycles. The van der Waals surface area contributed by atoms with Crippen molar-refractivity contribution in [1.82, 2.24) is 10.3 Å². The minimum absolute atomic E-state index is 0.414. The van der Waals surface area contributed by atoms with Crippen molar-refractivity contribution in [1.29, 1.82) is 0 Å². The minimum Gasteiger partial charge on any atom is -0.439 e. The lowest BCUT2D eigenvalue weighted by molar-refractivity contribution is 0.0959. The molecule has 3 rings (SSSR count). The molecule has 2 aromatic carbocycles. The fourth-order valence-corrected chi connectivity index (χ4v) is 3.04. The average Bonchev–Trinajstić information content (AvgIpc) is 2.64. The molecule has 0 radical (unpaired) electrons. The van der Waals surface area contributed by atoms with Crippen LogP contribution in [0.3, 0.4) is 0 Å². The molecule has 1 heterocycles. The quantitative estimate of drug-likeness (QED) is 0.591. The topological polar surface area (TPSA) is 80.3 Å². The van der Waals surface area contributed by atoms with Crippen molar-refractivity contribution in [2.45, 2.75) is 27.7 Å². The lowest BCUT2D eigenvalue weighted by atomic mass is 10.1. The predicted octanol–water partition coefficient (Wildman–Crippen LogP) is 5.35. The van der Waals surface area contributed by atoms with Crippen molar-refractivity contribution < 1.29 is 23.1 Å². The first-order valence-electron chi connectivity index (χ1n) is 9.45. The number of ether oxygens (including phenoxy) is 1. The number of nitrogens with one attached hydrogen (secondary N) is 2. The summed E-state index contributed by atoms with van der Waals surface area (Å²) in [6.07, 6.45) is 0. The summed E-state index contributed by atoms with van der Waals surface area (Å²) in [5, 5.41) is 4.44. The molecule has 0 bridgehead atoms. The molecule has 0 aliphatic carbocycles. The van der Waals surface area contributed by atoms with Crippen molar-refractivity contribution >= 4 is 17.6 Å². The van der Waals surface area contributed by atoms with Gasteiger partial charge in [-0.05, 0) is 74.7 Å². The highest BCUT2D eigenvalue weighted by Crippen LogP contribution is 2.30. The molecular formula is C23H21F2N3O3. The lowest BCUT2D eigenvalue weighted by Crippen LogP contribution is -2.35. The number of nitrogens with zero attached hydrogens (tertiary/aromatic N) is 1. The molecule has 0 fully saturated rings. The summed E-state index contributed by atoms with van der Waals surface area (Å²) in [7, 11) is 0. The fourth-order valence-electron chi connectivity index (χ4n) is 3.04. The SMILES string of the molecule is Cc1cc(C)nc(Oc2cc(C)c(NC(=O)NC(=O)c3c(F)cccc3F)cc2C)c1. The van der Waals surface area contributed by atoms with Crippen molar-refractivity contribution in [3.63, 3.8) is 0 Å². The molecule has 8 heteroatoms. The molecule has 0 spiro atoms. The van der Waals surface area contributed by atoms with Crippen LogP contribution in [0.15, 0.2) is 42.5 Å². The third-order valence-corrected chi connectivity index (χ3v) is 4.48. The van der Waals surface area contributed by atoms with E-state index in [-0.39, 0.29) is 0 Å². The zero-order valence-electron chi connectivity index (χ0n) is 17.5. The summed E-state index contributed by atoms with van der Waals surface area (Å²) in [6, 6.07) is 9.23. The van der Waals surface area contributed by atoms with Gasteiger partial charge >= 0.3 is 6.03 Å². The number of carbonyl (C=O) groups is 2. The van der Waals surface area contributed by atoms with Crippen LogP contribution in [0.2, 0.25) is 0 Å². The second kappa shape index (κ2) is 8.91. The molecule has 160 valence electrons. The van der Waals surface area contributed by atoms with Crippen LogP contribution in [0, 0.1) is 39.3 Å². The van der Waals surface area contributed by atoms with Crippen LogP contribution in [0.25, 0.3) is 0 Å². The van der Waals surface area contributed by atoms with Crippen LogP contribution < -0.4 is 15.4 Å². The number of urea groups is 1. The Labute approximate surface area is 178 Å². The van der Waals surface area contributed by atoms with Gasteiger partial charge in [0.05, 0.1) is 0 Å². The summed E-state index contributed by atoms with van der Waals surface area (Å²) in [6.45, 7) is 7.35. The van der Waals surface area contributed by atoms with Crippen LogP contribution in [-0.4, -0.2) is 16.9 Å². The van der Waals surface area contributed by atoms with Crippen LogP contribution in [0.5, 0.6) is 11.6 Å². The fraction of sp³-hybridized carbons (Fsp3) is 0.174. The highest BCUT2D eigenvalue weighted by molar-refractivity contribution is 6.08. The van der Waals surface area contributed by atoms with Gasteiger partial charge in [-0.1, -0.05) is 6.07 Å². The van der Waals surface area contributed by atoms with Gasteiger partial charge in [-0.15, -0.1) is 0 Å². The van der Waals surface area contributed by atoms with E-state index in [4.69, 9.17) is 4.74 Å². The second-order valence-electron chi connectivity index (χ2n) is 7.16. The van der Waals surface area contributed by atoms with E-state index in [9.17, 15) is 18.4 Å². The molecule has 0 aliphatic heterocycles. The molecule has 0 atom stereocenters.